The highest BCUT2D eigenvalue weighted by atomic mass is 32.1. The summed E-state index contributed by atoms with van der Waals surface area (Å²) >= 11 is 0.956. The smallest absolute Gasteiger partial charge is 0.307 e. The molecule has 0 spiro atoms. The average molecular weight is 465 g/mol. The van der Waals surface area contributed by atoms with E-state index in [9.17, 15) is 31.9 Å². The molecule has 0 atom stereocenters. The van der Waals surface area contributed by atoms with Gasteiger partial charge in [0.1, 0.15) is 5.82 Å². The van der Waals surface area contributed by atoms with Crippen LogP contribution in [0.2, 0.25) is 0 Å². The molecule has 164 valence electrons. The molecule has 1 amide bonds. The van der Waals surface area contributed by atoms with E-state index in [1.54, 1.807) is 0 Å². The van der Waals surface area contributed by atoms with Crippen molar-refractivity contribution in [2.45, 2.75) is 12.6 Å². The van der Waals surface area contributed by atoms with Crippen molar-refractivity contribution in [3.63, 3.8) is 0 Å². The number of nitrogens with one attached hydrogen (secondary N) is 3. The van der Waals surface area contributed by atoms with Crippen LogP contribution in [0.15, 0.2) is 45.4 Å². The molecule has 0 unspecified atom stereocenters. The van der Waals surface area contributed by atoms with Crippen LogP contribution >= 0.6 is 11.3 Å². The molecule has 0 aliphatic carbocycles. The van der Waals surface area contributed by atoms with Crippen LogP contribution in [0.4, 0.5) is 22.7 Å². The first-order chi connectivity index (χ1) is 15.1. The summed E-state index contributed by atoms with van der Waals surface area (Å²) in [6.07, 6.45) is -3.86. The number of aromatic amines is 2. The molecule has 0 aliphatic heterocycles. The van der Waals surface area contributed by atoms with E-state index in [0.717, 1.165) is 17.4 Å². The number of carbonyl (C=O) groups excluding carboxylic acids is 1. The van der Waals surface area contributed by atoms with Crippen LogP contribution in [0.25, 0.3) is 22.2 Å². The highest BCUT2D eigenvalue weighted by Gasteiger charge is 2.34. The van der Waals surface area contributed by atoms with Gasteiger partial charge in [-0.1, -0.05) is 0 Å². The van der Waals surface area contributed by atoms with Crippen LogP contribution in [0, 0.1) is 5.82 Å². The highest BCUT2D eigenvalue weighted by Crippen LogP contribution is 2.35. The summed E-state index contributed by atoms with van der Waals surface area (Å²) in [5.41, 5.74) is -2.34. The van der Waals surface area contributed by atoms with Crippen molar-refractivity contribution in [2.24, 2.45) is 0 Å². The lowest BCUT2D eigenvalue weighted by molar-refractivity contribution is -0.140. The number of rotatable bonds is 4. The molecular weight excluding hydrogens is 454 g/mol. The van der Waals surface area contributed by atoms with Crippen molar-refractivity contribution in [2.75, 3.05) is 5.32 Å². The molecule has 4 aromatic rings. The summed E-state index contributed by atoms with van der Waals surface area (Å²) in [5, 5.41) is 4.03. The normalized spacial score (nSPS) is 11.6. The van der Waals surface area contributed by atoms with E-state index in [4.69, 9.17) is 0 Å². The second-order valence-corrected chi connectivity index (χ2v) is 7.40. The zero-order valence-electron chi connectivity index (χ0n) is 15.7. The number of alkyl halides is 3. The molecule has 0 bridgehead atoms. The molecule has 0 radical (unpaired) electrons. The Labute approximate surface area is 179 Å². The molecule has 3 aromatic heterocycles. The Morgan fingerprint density at radius 3 is 2.69 bits per heavy atom. The molecule has 13 heteroatoms. The summed E-state index contributed by atoms with van der Waals surface area (Å²) in [5.74, 6) is -1.99. The van der Waals surface area contributed by atoms with Crippen molar-refractivity contribution in [3.8, 4) is 11.3 Å². The van der Waals surface area contributed by atoms with Crippen molar-refractivity contribution < 1.29 is 22.4 Å². The van der Waals surface area contributed by atoms with Crippen molar-refractivity contribution in [3.05, 3.63) is 73.8 Å². The molecule has 3 heterocycles. The third-order valence-corrected chi connectivity index (χ3v) is 5.14. The molecule has 0 fully saturated rings. The number of nitrogens with zero attached hydrogens (tertiary/aromatic N) is 2. The number of benzene rings is 1. The summed E-state index contributed by atoms with van der Waals surface area (Å²) in [7, 11) is 0. The van der Waals surface area contributed by atoms with E-state index in [-0.39, 0.29) is 39.4 Å². The fourth-order valence-electron chi connectivity index (χ4n) is 3.00. The fraction of sp³-hybridized carbons (Fsp3) is 0.105. The zero-order valence-corrected chi connectivity index (χ0v) is 16.5. The topological polar surface area (TPSA) is 121 Å². The maximum absolute atomic E-state index is 13.5. The fourth-order valence-corrected chi connectivity index (χ4v) is 3.73. The SMILES string of the molecule is O=C(Cc1nccc2[nH]c(=O)[nH]c(=O)c12)Nc1nc(-c2ccc(F)c(C(F)(F)F)c2)cs1. The maximum Gasteiger partial charge on any atom is 0.419 e. The molecule has 0 saturated carbocycles. The number of H-pyrrole nitrogens is 2. The summed E-state index contributed by atoms with van der Waals surface area (Å²) in [6, 6.07) is 3.91. The Hall–Kier alpha value is -3.87. The van der Waals surface area contributed by atoms with Gasteiger partial charge in [-0.15, -0.1) is 11.3 Å². The van der Waals surface area contributed by atoms with Crippen LogP contribution < -0.4 is 16.6 Å². The monoisotopic (exact) mass is 465 g/mol. The largest absolute Gasteiger partial charge is 0.419 e. The quantitative estimate of drug-likeness (QED) is 0.400. The summed E-state index contributed by atoms with van der Waals surface area (Å²) in [4.78, 5) is 48.5. The van der Waals surface area contributed by atoms with Gasteiger partial charge in [0.2, 0.25) is 5.91 Å². The van der Waals surface area contributed by atoms with Gasteiger partial charge in [0.25, 0.3) is 5.56 Å². The Morgan fingerprint density at radius 2 is 1.94 bits per heavy atom. The molecule has 3 N–H and O–H groups in total. The average Bonchev–Trinajstić information content (AvgIpc) is 3.15. The molecule has 0 aliphatic rings. The lowest BCUT2D eigenvalue weighted by atomic mass is 10.1. The molecule has 0 saturated heterocycles. The number of thiazole rings is 1. The predicted octanol–water partition coefficient (Wildman–Crippen LogP) is 3.07. The van der Waals surface area contributed by atoms with E-state index in [1.807, 2.05) is 0 Å². The van der Waals surface area contributed by atoms with E-state index < -0.39 is 34.7 Å². The number of halogens is 4. The van der Waals surface area contributed by atoms with E-state index >= 15 is 0 Å². The van der Waals surface area contributed by atoms with Gasteiger partial charge in [-0.2, -0.15) is 13.2 Å². The molecule has 32 heavy (non-hydrogen) atoms. The van der Waals surface area contributed by atoms with Gasteiger partial charge in [-0.05, 0) is 24.3 Å². The Kier molecular flexibility index (Phi) is 5.34. The molecule has 8 nitrogen and oxygen atoms in total. The Balaban J connectivity index is 1.55. The van der Waals surface area contributed by atoms with Gasteiger partial charge in [0.15, 0.2) is 5.13 Å². The number of amides is 1. The van der Waals surface area contributed by atoms with Crippen LogP contribution in [0.1, 0.15) is 11.3 Å². The van der Waals surface area contributed by atoms with Gasteiger partial charge < -0.3 is 10.3 Å². The minimum absolute atomic E-state index is 0.0293. The number of aromatic nitrogens is 4. The van der Waals surface area contributed by atoms with Gasteiger partial charge in [0, 0.05) is 17.1 Å². The minimum Gasteiger partial charge on any atom is -0.307 e. The number of hydrogen-bond donors (Lipinski definition) is 3. The first-order valence-electron chi connectivity index (χ1n) is 8.84. The van der Waals surface area contributed by atoms with Crippen molar-refractivity contribution in [1.82, 2.24) is 19.9 Å². The summed E-state index contributed by atoms with van der Waals surface area (Å²) in [6.45, 7) is 0. The standard InChI is InChI=1S/C19H11F4N5O3S/c20-10-2-1-8(5-9(10)19(21,22)23)13-7-32-18(26-13)27-14(29)6-12-15-11(3-4-24-12)25-17(31)28-16(15)30/h1-5,7H,6H2,(H,26,27,29)(H2,25,28,30,31). The third-order valence-electron chi connectivity index (χ3n) is 4.38. The minimum atomic E-state index is -4.86. The Bertz CT molecular complexity index is 1460. The lowest BCUT2D eigenvalue weighted by Crippen LogP contribution is -2.24. The predicted molar refractivity (Wildman–Crippen MR) is 108 cm³/mol. The first kappa shape index (κ1) is 21.4. The lowest BCUT2D eigenvalue weighted by Gasteiger charge is -2.09. The summed E-state index contributed by atoms with van der Waals surface area (Å²) < 4.78 is 52.3. The maximum atomic E-state index is 13.5. The van der Waals surface area contributed by atoms with Crippen LogP contribution in [-0.2, 0) is 17.4 Å². The highest BCUT2D eigenvalue weighted by molar-refractivity contribution is 7.14. The first-order valence-corrected chi connectivity index (χ1v) is 9.72. The van der Waals surface area contributed by atoms with Crippen LogP contribution in [0.5, 0.6) is 0 Å². The number of pyridine rings is 1. The molecule has 1 aromatic carbocycles. The number of carbonyl (C=O) groups is 1. The number of anilines is 1. The van der Waals surface area contributed by atoms with E-state index in [0.29, 0.717) is 12.1 Å². The van der Waals surface area contributed by atoms with Crippen LogP contribution in [0.3, 0.4) is 0 Å². The second kappa shape index (κ2) is 8.00. The van der Waals surface area contributed by atoms with Gasteiger partial charge in [0.05, 0.1) is 34.3 Å². The third kappa shape index (κ3) is 4.27. The van der Waals surface area contributed by atoms with E-state index in [1.165, 1.54) is 17.6 Å². The second-order valence-electron chi connectivity index (χ2n) is 6.54. The number of fused-ring (bicyclic) bond motifs is 1. The van der Waals surface area contributed by atoms with Crippen LogP contribution in [-0.4, -0.2) is 25.8 Å². The molecule has 4 rings (SSSR count). The molecular formula is C19H11F4N5O3S. The van der Waals surface area contributed by atoms with E-state index in [2.05, 4.69) is 25.3 Å². The number of hydrogen-bond acceptors (Lipinski definition) is 6. The van der Waals surface area contributed by atoms with Crippen molar-refractivity contribution >= 4 is 33.3 Å². The van der Waals surface area contributed by atoms with Gasteiger partial charge >= 0.3 is 11.9 Å². The van der Waals surface area contributed by atoms with Gasteiger partial charge in [-0.3, -0.25) is 19.6 Å². The van der Waals surface area contributed by atoms with Crippen molar-refractivity contribution in [1.29, 1.82) is 0 Å². The van der Waals surface area contributed by atoms with Gasteiger partial charge in [-0.25, -0.2) is 14.2 Å². The Morgan fingerprint density at radius 1 is 1.16 bits per heavy atom. The zero-order chi connectivity index (χ0) is 23.0.